The summed E-state index contributed by atoms with van der Waals surface area (Å²) in [5.41, 5.74) is 2.36. The molecule has 5 heteroatoms. The topological polar surface area (TPSA) is 70.5 Å². The van der Waals surface area contributed by atoms with Crippen LogP contribution < -0.4 is 0 Å². The van der Waals surface area contributed by atoms with Gasteiger partial charge in [-0.1, -0.05) is 18.2 Å². The zero-order valence-electron chi connectivity index (χ0n) is 12.7. The maximum atomic E-state index is 13.0. The summed E-state index contributed by atoms with van der Waals surface area (Å²) < 4.78 is 0. The van der Waals surface area contributed by atoms with Gasteiger partial charge in [0.1, 0.15) is 6.04 Å². The molecule has 1 aromatic heterocycles. The molecular weight excluding hydrogens is 292 g/mol. The van der Waals surface area contributed by atoms with Crippen LogP contribution >= 0.6 is 0 Å². The lowest BCUT2D eigenvalue weighted by Gasteiger charge is -2.22. The number of benzene rings is 1. The van der Waals surface area contributed by atoms with E-state index in [2.05, 4.69) is 4.98 Å². The number of rotatable bonds is 3. The number of nitrogens with zero attached hydrogens (tertiary/aromatic N) is 2. The molecule has 2 fully saturated rings. The zero-order chi connectivity index (χ0) is 16.0. The van der Waals surface area contributed by atoms with Crippen molar-refractivity contribution in [2.75, 3.05) is 6.54 Å². The predicted octanol–water partition coefficient (Wildman–Crippen LogP) is 2.80. The van der Waals surface area contributed by atoms with Crippen molar-refractivity contribution in [1.29, 1.82) is 0 Å². The summed E-state index contributed by atoms with van der Waals surface area (Å²) in [6, 6.07) is 8.76. The number of fused-ring (bicyclic) bond motifs is 1. The standard InChI is InChI=1S/C18H18N2O3/c21-17(20-9-3-6-16(20)18(22)23)13-10-15(11-7-8-11)19-14-5-2-1-4-12(13)14/h1-2,4-5,10-11,16H,3,6-9H2,(H,22,23). The van der Waals surface area contributed by atoms with E-state index in [4.69, 9.17) is 0 Å². The molecule has 1 atom stereocenters. The van der Waals surface area contributed by atoms with E-state index in [0.29, 0.717) is 24.4 Å². The lowest BCUT2D eigenvalue weighted by molar-refractivity contribution is -0.141. The third-order valence-corrected chi connectivity index (χ3v) is 4.76. The first-order valence-corrected chi connectivity index (χ1v) is 8.08. The summed E-state index contributed by atoms with van der Waals surface area (Å²) in [6.45, 7) is 0.505. The Balaban J connectivity index is 1.80. The molecule has 1 aromatic carbocycles. The van der Waals surface area contributed by atoms with Crippen LogP contribution in [0.4, 0.5) is 0 Å². The minimum Gasteiger partial charge on any atom is -0.480 e. The SMILES string of the molecule is O=C(O)C1CCCN1C(=O)c1cc(C2CC2)nc2ccccc12. The van der Waals surface area contributed by atoms with Crippen LogP contribution in [0.1, 0.15) is 47.7 Å². The summed E-state index contributed by atoms with van der Waals surface area (Å²) in [7, 11) is 0. The molecule has 23 heavy (non-hydrogen) atoms. The highest BCUT2D eigenvalue weighted by molar-refractivity contribution is 6.07. The molecular formula is C18H18N2O3. The van der Waals surface area contributed by atoms with Crippen LogP contribution in [0.2, 0.25) is 0 Å². The number of hydrogen-bond acceptors (Lipinski definition) is 3. The number of para-hydroxylation sites is 1. The van der Waals surface area contributed by atoms with E-state index in [9.17, 15) is 14.7 Å². The zero-order valence-corrected chi connectivity index (χ0v) is 12.7. The van der Waals surface area contributed by atoms with Crippen LogP contribution in [0.3, 0.4) is 0 Å². The molecule has 5 nitrogen and oxygen atoms in total. The number of hydrogen-bond donors (Lipinski definition) is 1. The molecule has 1 aliphatic carbocycles. The highest BCUT2D eigenvalue weighted by atomic mass is 16.4. The summed E-state index contributed by atoms with van der Waals surface area (Å²) in [5, 5.41) is 10.1. The Morgan fingerprint density at radius 2 is 1.96 bits per heavy atom. The fraction of sp³-hybridized carbons (Fsp3) is 0.389. The first-order valence-electron chi connectivity index (χ1n) is 8.08. The monoisotopic (exact) mass is 310 g/mol. The number of carboxylic acids is 1. The number of carboxylic acid groups (broad SMARTS) is 1. The van der Waals surface area contributed by atoms with E-state index >= 15 is 0 Å². The molecule has 1 amide bonds. The second-order valence-electron chi connectivity index (χ2n) is 6.38. The molecule has 118 valence electrons. The van der Waals surface area contributed by atoms with Crippen molar-refractivity contribution in [1.82, 2.24) is 9.88 Å². The number of amides is 1. The molecule has 2 aliphatic rings. The van der Waals surface area contributed by atoms with Gasteiger partial charge in [-0.3, -0.25) is 9.78 Å². The van der Waals surface area contributed by atoms with E-state index in [1.165, 1.54) is 4.90 Å². The van der Waals surface area contributed by atoms with Crippen molar-refractivity contribution in [2.45, 2.75) is 37.6 Å². The molecule has 1 N–H and O–H groups in total. The lowest BCUT2D eigenvalue weighted by Crippen LogP contribution is -2.40. The summed E-state index contributed by atoms with van der Waals surface area (Å²) in [5.74, 6) is -0.660. The van der Waals surface area contributed by atoms with E-state index in [1.54, 1.807) is 0 Å². The Labute approximate surface area is 133 Å². The van der Waals surface area contributed by atoms with Crippen LogP contribution in [0.15, 0.2) is 30.3 Å². The Kier molecular flexibility index (Phi) is 3.29. The largest absolute Gasteiger partial charge is 0.480 e. The van der Waals surface area contributed by atoms with Crippen LogP contribution in [0.25, 0.3) is 10.9 Å². The van der Waals surface area contributed by atoms with Gasteiger partial charge >= 0.3 is 5.97 Å². The van der Waals surface area contributed by atoms with Crippen LogP contribution in [-0.4, -0.2) is 39.5 Å². The van der Waals surface area contributed by atoms with E-state index in [0.717, 1.165) is 35.9 Å². The summed E-state index contributed by atoms with van der Waals surface area (Å²) >= 11 is 0. The quantitative estimate of drug-likeness (QED) is 0.946. The van der Waals surface area contributed by atoms with E-state index in [1.807, 2.05) is 30.3 Å². The van der Waals surface area contributed by atoms with Gasteiger partial charge in [0.05, 0.1) is 11.1 Å². The normalized spacial score (nSPS) is 20.9. The molecule has 4 rings (SSSR count). The second kappa shape index (κ2) is 5.33. The number of pyridine rings is 1. The van der Waals surface area contributed by atoms with Crippen molar-refractivity contribution >= 4 is 22.8 Å². The molecule has 0 spiro atoms. The minimum atomic E-state index is -0.920. The van der Waals surface area contributed by atoms with Gasteiger partial charge in [0.2, 0.25) is 0 Å². The van der Waals surface area contributed by atoms with Gasteiger partial charge in [-0.15, -0.1) is 0 Å². The van der Waals surface area contributed by atoms with Crippen molar-refractivity contribution in [3.8, 4) is 0 Å². The van der Waals surface area contributed by atoms with Gasteiger partial charge in [0, 0.05) is 23.5 Å². The van der Waals surface area contributed by atoms with Crippen LogP contribution in [0, 0.1) is 0 Å². The smallest absolute Gasteiger partial charge is 0.326 e. The van der Waals surface area contributed by atoms with Crippen molar-refractivity contribution in [3.63, 3.8) is 0 Å². The van der Waals surface area contributed by atoms with E-state index in [-0.39, 0.29) is 5.91 Å². The molecule has 0 radical (unpaired) electrons. The molecule has 2 heterocycles. The molecule has 1 saturated carbocycles. The van der Waals surface area contributed by atoms with Gasteiger partial charge in [-0.2, -0.15) is 0 Å². The molecule has 1 saturated heterocycles. The maximum Gasteiger partial charge on any atom is 0.326 e. The number of carbonyl (C=O) groups is 2. The highest BCUT2D eigenvalue weighted by Crippen LogP contribution is 2.40. The number of aromatic nitrogens is 1. The Bertz CT molecular complexity index is 798. The number of carbonyl (C=O) groups excluding carboxylic acids is 1. The fourth-order valence-corrected chi connectivity index (χ4v) is 3.38. The first kappa shape index (κ1) is 14.2. The van der Waals surface area contributed by atoms with Crippen molar-refractivity contribution in [3.05, 3.63) is 41.6 Å². The third kappa shape index (κ3) is 2.46. The Morgan fingerprint density at radius 1 is 1.17 bits per heavy atom. The van der Waals surface area contributed by atoms with E-state index < -0.39 is 12.0 Å². The van der Waals surface area contributed by atoms with Gasteiger partial charge in [-0.25, -0.2) is 4.79 Å². The van der Waals surface area contributed by atoms with Gasteiger partial charge in [0.25, 0.3) is 5.91 Å². The minimum absolute atomic E-state index is 0.185. The van der Waals surface area contributed by atoms with Crippen LogP contribution in [-0.2, 0) is 4.79 Å². The van der Waals surface area contributed by atoms with Gasteiger partial charge in [-0.05, 0) is 37.8 Å². The molecule has 1 unspecified atom stereocenters. The van der Waals surface area contributed by atoms with Gasteiger partial charge < -0.3 is 10.0 Å². The van der Waals surface area contributed by atoms with Crippen molar-refractivity contribution in [2.24, 2.45) is 0 Å². The predicted molar refractivity (Wildman–Crippen MR) is 85.4 cm³/mol. The molecule has 0 bridgehead atoms. The summed E-state index contributed by atoms with van der Waals surface area (Å²) in [6.07, 6.45) is 3.49. The fourth-order valence-electron chi connectivity index (χ4n) is 3.38. The average Bonchev–Trinajstić information content (AvgIpc) is 3.29. The average molecular weight is 310 g/mol. The van der Waals surface area contributed by atoms with Crippen LogP contribution in [0.5, 0.6) is 0 Å². The number of aliphatic carboxylic acids is 1. The highest BCUT2D eigenvalue weighted by Gasteiger charge is 2.35. The Morgan fingerprint density at radius 3 is 2.70 bits per heavy atom. The van der Waals surface area contributed by atoms with Crippen molar-refractivity contribution < 1.29 is 14.7 Å². The third-order valence-electron chi connectivity index (χ3n) is 4.76. The second-order valence-corrected chi connectivity index (χ2v) is 6.38. The Hall–Kier alpha value is -2.43. The first-order chi connectivity index (χ1) is 11.1. The molecule has 1 aliphatic heterocycles. The molecule has 2 aromatic rings. The lowest BCUT2D eigenvalue weighted by atomic mass is 10.0. The maximum absolute atomic E-state index is 13.0. The van der Waals surface area contributed by atoms with Gasteiger partial charge in [0.15, 0.2) is 0 Å². The summed E-state index contributed by atoms with van der Waals surface area (Å²) in [4.78, 5) is 30.6. The number of likely N-dealkylation sites (tertiary alicyclic amines) is 1.